The number of hydrogen-bond donors (Lipinski definition) is 0. The molecule has 5 heteroatoms. The first-order valence-electron chi connectivity index (χ1n) is 8.91. The van der Waals surface area contributed by atoms with Crippen molar-refractivity contribution in [2.24, 2.45) is 5.41 Å². The predicted molar refractivity (Wildman–Crippen MR) is 95.2 cm³/mol. The Bertz CT molecular complexity index is 573. The number of rotatable bonds is 7. The molecule has 0 unspecified atom stereocenters. The van der Waals surface area contributed by atoms with E-state index in [1.165, 1.54) is 18.3 Å². The molecule has 2 bridgehead atoms. The van der Waals surface area contributed by atoms with Gasteiger partial charge in [-0.3, -0.25) is 9.59 Å². The number of ketones is 1. The van der Waals surface area contributed by atoms with Gasteiger partial charge in [-0.05, 0) is 40.0 Å². The number of methoxy groups -OCH3 is 2. The standard InChI is InChI=1S/C20H30O5/c1-13(2)7-6-8-14(3)9-18-20(12-19(22)24-5)11-16(25-18)15(23-4)10-17(20)21/h7,9,15-16,18H,6,8,10-12H2,1-5H3/b14-9+/t15-,16-,18+,20-/m0/s1. The summed E-state index contributed by atoms with van der Waals surface area (Å²) in [7, 11) is 2.95. The maximum atomic E-state index is 12.9. The molecular weight excluding hydrogens is 320 g/mol. The van der Waals surface area contributed by atoms with Gasteiger partial charge in [-0.2, -0.15) is 0 Å². The Morgan fingerprint density at radius 3 is 2.64 bits per heavy atom. The minimum Gasteiger partial charge on any atom is -0.469 e. The van der Waals surface area contributed by atoms with Crippen LogP contribution in [0.3, 0.4) is 0 Å². The van der Waals surface area contributed by atoms with Crippen LogP contribution >= 0.6 is 0 Å². The van der Waals surface area contributed by atoms with E-state index in [0.29, 0.717) is 12.8 Å². The van der Waals surface area contributed by atoms with Crippen molar-refractivity contribution in [3.05, 3.63) is 23.3 Å². The van der Waals surface area contributed by atoms with E-state index < -0.39 is 11.5 Å². The van der Waals surface area contributed by atoms with E-state index in [1.54, 1.807) is 7.11 Å². The predicted octanol–water partition coefficient (Wildman–Crippen LogP) is 3.37. The third-order valence-corrected chi connectivity index (χ3v) is 5.31. The zero-order valence-electron chi connectivity index (χ0n) is 16.0. The Morgan fingerprint density at radius 2 is 2.04 bits per heavy atom. The van der Waals surface area contributed by atoms with Gasteiger partial charge in [-0.1, -0.05) is 23.3 Å². The van der Waals surface area contributed by atoms with Crippen LogP contribution in [0.5, 0.6) is 0 Å². The molecular formula is C20H30O5. The van der Waals surface area contributed by atoms with Crippen molar-refractivity contribution < 1.29 is 23.8 Å². The summed E-state index contributed by atoms with van der Waals surface area (Å²) in [6.45, 7) is 6.21. The normalized spacial score (nSPS) is 31.8. The van der Waals surface area contributed by atoms with Gasteiger partial charge in [-0.15, -0.1) is 0 Å². The third-order valence-electron chi connectivity index (χ3n) is 5.31. The lowest BCUT2D eigenvalue weighted by Crippen LogP contribution is -2.45. The summed E-state index contributed by atoms with van der Waals surface area (Å²) in [4.78, 5) is 24.8. The zero-order valence-corrected chi connectivity index (χ0v) is 16.0. The highest BCUT2D eigenvalue weighted by molar-refractivity contribution is 5.91. The fourth-order valence-electron chi connectivity index (χ4n) is 3.82. The molecule has 140 valence electrons. The van der Waals surface area contributed by atoms with E-state index in [-0.39, 0.29) is 30.4 Å². The van der Waals surface area contributed by atoms with Crippen molar-refractivity contribution in [2.45, 2.75) is 71.2 Å². The minimum absolute atomic E-state index is 0.0387. The van der Waals surface area contributed by atoms with Crippen molar-refractivity contribution in [1.29, 1.82) is 0 Å². The second-order valence-corrected chi connectivity index (χ2v) is 7.44. The smallest absolute Gasteiger partial charge is 0.306 e. The van der Waals surface area contributed by atoms with Crippen molar-refractivity contribution in [3.63, 3.8) is 0 Å². The highest BCUT2D eigenvalue weighted by atomic mass is 16.6. The molecule has 5 nitrogen and oxygen atoms in total. The molecule has 2 aliphatic rings. The molecule has 25 heavy (non-hydrogen) atoms. The van der Waals surface area contributed by atoms with Crippen LogP contribution in [0.25, 0.3) is 0 Å². The van der Waals surface area contributed by atoms with Crippen molar-refractivity contribution in [2.75, 3.05) is 14.2 Å². The number of ether oxygens (including phenoxy) is 3. The van der Waals surface area contributed by atoms with Crippen LogP contribution in [0.4, 0.5) is 0 Å². The molecule has 0 aromatic rings. The molecule has 0 amide bonds. The maximum absolute atomic E-state index is 12.9. The van der Waals surface area contributed by atoms with Crippen LogP contribution < -0.4 is 0 Å². The average molecular weight is 350 g/mol. The lowest BCUT2D eigenvalue weighted by Gasteiger charge is -2.34. The first kappa shape index (κ1) is 19.9. The molecule has 2 fully saturated rings. The SMILES string of the molecule is COC(=O)C[C@]12C[C@H](O[C@@H]1/C=C(\C)CCC=C(C)C)[C@@H](OC)CC2=O. The molecule has 2 rings (SSSR count). The van der Waals surface area contributed by atoms with E-state index >= 15 is 0 Å². The van der Waals surface area contributed by atoms with Gasteiger partial charge < -0.3 is 14.2 Å². The van der Waals surface area contributed by atoms with Crippen molar-refractivity contribution >= 4 is 11.8 Å². The monoisotopic (exact) mass is 350 g/mol. The highest BCUT2D eigenvalue weighted by Gasteiger charge is 2.59. The first-order valence-corrected chi connectivity index (χ1v) is 8.91. The second-order valence-electron chi connectivity index (χ2n) is 7.44. The molecule has 0 radical (unpaired) electrons. The summed E-state index contributed by atoms with van der Waals surface area (Å²) in [5, 5.41) is 0. The largest absolute Gasteiger partial charge is 0.469 e. The fourth-order valence-corrected chi connectivity index (χ4v) is 3.82. The quantitative estimate of drug-likeness (QED) is 0.520. The molecule has 0 aromatic heterocycles. The Kier molecular flexibility index (Phi) is 6.58. The molecule has 0 spiro atoms. The van der Waals surface area contributed by atoms with Gasteiger partial charge in [-0.25, -0.2) is 0 Å². The third kappa shape index (κ3) is 4.39. The van der Waals surface area contributed by atoms with Crippen molar-refractivity contribution in [1.82, 2.24) is 0 Å². The summed E-state index contributed by atoms with van der Waals surface area (Å²) >= 11 is 0. The lowest BCUT2D eigenvalue weighted by atomic mass is 9.67. The Morgan fingerprint density at radius 1 is 1.32 bits per heavy atom. The van der Waals surface area contributed by atoms with Gasteiger partial charge in [0.05, 0.1) is 37.3 Å². The maximum Gasteiger partial charge on any atom is 0.306 e. The van der Waals surface area contributed by atoms with Gasteiger partial charge in [0.25, 0.3) is 0 Å². The van der Waals surface area contributed by atoms with Crippen LogP contribution in [-0.4, -0.2) is 44.3 Å². The summed E-state index contributed by atoms with van der Waals surface area (Å²) in [5.74, 6) is -0.328. The first-order chi connectivity index (χ1) is 11.8. The van der Waals surface area contributed by atoms with Crippen LogP contribution in [0, 0.1) is 5.41 Å². The van der Waals surface area contributed by atoms with Gasteiger partial charge in [0, 0.05) is 13.5 Å². The molecule has 1 aliphatic heterocycles. The Balaban J connectivity index is 2.23. The molecule has 1 saturated heterocycles. The number of esters is 1. The van der Waals surface area contributed by atoms with Gasteiger partial charge in [0.1, 0.15) is 5.78 Å². The number of fused-ring (bicyclic) bond motifs is 2. The van der Waals surface area contributed by atoms with E-state index in [9.17, 15) is 9.59 Å². The van der Waals surface area contributed by atoms with E-state index in [1.807, 2.05) is 6.08 Å². The molecule has 1 saturated carbocycles. The summed E-state index contributed by atoms with van der Waals surface area (Å²) < 4.78 is 16.4. The van der Waals surface area contributed by atoms with Crippen LogP contribution in [0.15, 0.2) is 23.3 Å². The topological polar surface area (TPSA) is 61.8 Å². The van der Waals surface area contributed by atoms with Gasteiger partial charge in [0.2, 0.25) is 0 Å². The average Bonchev–Trinajstić information content (AvgIpc) is 2.86. The number of Topliss-reactive ketones (excluding diaryl/α,β-unsaturated/α-hetero) is 1. The summed E-state index contributed by atoms with van der Waals surface area (Å²) in [6.07, 6.45) is 6.18. The number of allylic oxidation sites excluding steroid dienone is 3. The van der Waals surface area contributed by atoms with E-state index in [0.717, 1.165) is 12.8 Å². The molecule has 4 atom stereocenters. The summed E-state index contributed by atoms with van der Waals surface area (Å²) in [5.41, 5.74) is 1.65. The molecule has 0 aromatic carbocycles. The lowest BCUT2D eigenvalue weighted by molar-refractivity contribution is -0.149. The highest BCUT2D eigenvalue weighted by Crippen LogP contribution is 2.50. The number of hydrogen-bond acceptors (Lipinski definition) is 5. The Labute approximate surface area is 150 Å². The van der Waals surface area contributed by atoms with Crippen LogP contribution in [0.2, 0.25) is 0 Å². The van der Waals surface area contributed by atoms with Crippen molar-refractivity contribution in [3.8, 4) is 0 Å². The van der Waals surface area contributed by atoms with Crippen LogP contribution in [0.1, 0.15) is 52.9 Å². The molecule has 0 N–H and O–H groups in total. The minimum atomic E-state index is -0.815. The number of carbonyl (C=O) groups excluding carboxylic acids is 2. The van der Waals surface area contributed by atoms with Crippen LogP contribution in [-0.2, 0) is 23.8 Å². The van der Waals surface area contributed by atoms with Gasteiger partial charge >= 0.3 is 5.97 Å². The zero-order chi connectivity index (χ0) is 18.6. The second kappa shape index (κ2) is 8.28. The fraction of sp³-hybridized carbons (Fsp3) is 0.700. The van der Waals surface area contributed by atoms with Gasteiger partial charge in [0.15, 0.2) is 0 Å². The molecule has 1 aliphatic carbocycles. The van der Waals surface area contributed by atoms with E-state index in [2.05, 4.69) is 26.8 Å². The number of carbonyl (C=O) groups is 2. The summed E-state index contributed by atoms with van der Waals surface area (Å²) in [6, 6.07) is 0. The molecule has 1 heterocycles. The van der Waals surface area contributed by atoms with E-state index in [4.69, 9.17) is 14.2 Å². The Hall–Kier alpha value is -1.46.